The second kappa shape index (κ2) is 10.2. The van der Waals surface area contributed by atoms with Crippen molar-refractivity contribution >= 4 is 28.9 Å². The van der Waals surface area contributed by atoms with Gasteiger partial charge in [0.2, 0.25) is 5.88 Å². The largest absolute Gasteiger partial charge is 0.481 e. The van der Waals surface area contributed by atoms with Gasteiger partial charge in [0.15, 0.2) is 0 Å². The summed E-state index contributed by atoms with van der Waals surface area (Å²) in [6, 6.07) is 18.9. The number of rotatable bonds is 6. The Morgan fingerprint density at radius 3 is 2.59 bits per heavy atom. The van der Waals surface area contributed by atoms with Gasteiger partial charge in [-0.25, -0.2) is 4.98 Å². The number of benzene rings is 2. The van der Waals surface area contributed by atoms with Crippen molar-refractivity contribution in [2.24, 2.45) is 0 Å². The molecule has 1 fully saturated rings. The average molecular weight is 497 g/mol. The quantitative estimate of drug-likeness (QED) is 0.515. The average Bonchev–Trinajstić information content (AvgIpc) is 2.84. The van der Waals surface area contributed by atoms with E-state index in [0.29, 0.717) is 41.1 Å². The Morgan fingerprint density at radius 2 is 1.91 bits per heavy atom. The van der Waals surface area contributed by atoms with Crippen LogP contribution in [0.25, 0.3) is 0 Å². The van der Waals surface area contributed by atoms with Crippen LogP contribution in [0, 0.1) is 11.3 Å². The van der Waals surface area contributed by atoms with Gasteiger partial charge < -0.3 is 14.7 Å². The highest BCUT2D eigenvalue weighted by atomic mass is 35.5. The van der Waals surface area contributed by atoms with Crippen molar-refractivity contribution in [3.05, 3.63) is 87.5 Å². The molecule has 34 heavy (non-hydrogen) atoms. The maximum atomic E-state index is 11.3. The predicted octanol–water partition coefficient (Wildman–Crippen LogP) is 5.04. The number of methoxy groups -OCH3 is 1. The SMILES string of the molecule is COc1cc([C@](C)(O)CN2CCN(c3ccc(C#N)cc3Cl)[C@H](c3ccc(Cl)cc3)C2)ccn1. The van der Waals surface area contributed by atoms with Crippen molar-refractivity contribution in [1.29, 1.82) is 5.26 Å². The highest BCUT2D eigenvalue weighted by Gasteiger charge is 2.34. The summed E-state index contributed by atoms with van der Waals surface area (Å²) < 4.78 is 5.23. The predicted molar refractivity (Wildman–Crippen MR) is 135 cm³/mol. The summed E-state index contributed by atoms with van der Waals surface area (Å²) in [6.45, 7) is 4.37. The molecular weight excluding hydrogens is 471 g/mol. The third-order valence-corrected chi connectivity index (χ3v) is 6.76. The summed E-state index contributed by atoms with van der Waals surface area (Å²) in [5, 5.41) is 21.8. The molecule has 3 aromatic rings. The van der Waals surface area contributed by atoms with Gasteiger partial charge in [-0.05, 0) is 54.4 Å². The molecule has 176 valence electrons. The molecule has 4 rings (SSSR count). The lowest BCUT2D eigenvalue weighted by Crippen LogP contribution is -2.52. The van der Waals surface area contributed by atoms with Crippen molar-refractivity contribution < 1.29 is 9.84 Å². The minimum atomic E-state index is -1.09. The van der Waals surface area contributed by atoms with Crippen LogP contribution in [-0.2, 0) is 5.60 Å². The lowest BCUT2D eigenvalue weighted by Gasteiger charge is -2.45. The molecule has 0 bridgehead atoms. The molecular formula is C26H26Cl2N4O2. The Labute approximate surface area is 209 Å². The van der Waals surface area contributed by atoms with Gasteiger partial charge in [-0.2, -0.15) is 5.26 Å². The summed E-state index contributed by atoms with van der Waals surface area (Å²) in [5.74, 6) is 0.470. The zero-order valence-corrected chi connectivity index (χ0v) is 20.6. The van der Waals surface area contributed by atoms with E-state index < -0.39 is 5.60 Å². The number of aliphatic hydroxyl groups is 1. The molecule has 0 amide bonds. The van der Waals surface area contributed by atoms with Gasteiger partial charge in [-0.1, -0.05) is 35.3 Å². The molecule has 2 aromatic carbocycles. The van der Waals surface area contributed by atoms with E-state index in [2.05, 4.69) is 20.9 Å². The third kappa shape index (κ3) is 5.29. The van der Waals surface area contributed by atoms with E-state index >= 15 is 0 Å². The second-order valence-electron chi connectivity index (χ2n) is 8.63. The Balaban J connectivity index is 1.62. The first-order valence-corrected chi connectivity index (χ1v) is 11.7. The van der Waals surface area contributed by atoms with E-state index in [4.69, 9.17) is 27.9 Å². The lowest BCUT2D eigenvalue weighted by molar-refractivity contribution is 0.0100. The summed E-state index contributed by atoms with van der Waals surface area (Å²) in [5.41, 5.74) is 2.17. The number of nitrogens with zero attached hydrogens (tertiary/aromatic N) is 4. The summed E-state index contributed by atoms with van der Waals surface area (Å²) in [6.07, 6.45) is 1.64. The molecule has 2 heterocycles. The molecule has 2 atom stereocenters. The minimum Gasteiger partial charge on any atom is -0.481 e. The van der Waals surface area contributed by atoms with Crippen LogP contribution in [0.5, 0.6) is 5.88 Å². The molecule has 0 unspecified atom stereocenters. The summed E-state index contributed by atoms with van der Waals surface area (Å²) in [7, 11) is 1.56. The van der Waals surface area contributed by atoms with Crippen LogP contribution in [0.3, 0.4) is 0 Å². The number of pyridine rings is 1. The molecule has 1 saturated heterocycles. The zero-order valence-electron chi connectivity index (χ0n) is 19.1. The van der Waals surface area contributed by atoms with Gasteiger partial charge in [0.05, 0.1) is 41.1 Å². The van der Waals surface area contributed by atoms with Crippen molar-refractivity contribution in [3.63, 3.8) is 0 Å². The van der Waals surface area contributed by atoms with Crippen LogP contribution in [0.1, 0.15) is 29.7 Å². The zero-order chi connectivity index (χ0) is 24.3. The van der Waals surface area contributed by atoms with Crippen LogP contribution in [0.4, 0.5) is 5.69 Å². The van der Waals surface area contributed by atoms with E-state index in [1.54, 1.807) is 31.5 Å². The number of hydrogen-bond acceptors (Lipinski definition) is 6. The number of ether oxygens (including phenoxy) is 1. The van der Waals surface area contributed by atoms with Crippen LogP contribution in [-0.4, -0.2) is 48.3 Å². The van der Waals surface area contributed by atoms with Crippen LogP contribution < -0.4 is 9.64 Å². The smallest absolute Gasteiger partial charge is 0.213 e. The molecule has 8 heteroatoms. The number of hydrogen-bond donors (Lipinski definition) is 1. The third-order valence-electron chi connectivity index (χ3n) is 6.20. The number of aromatic nitrogens is 1. The molecule has 1 aliphatic rings. The lowest BCUT2D eigenvalue weighted by atomic mass is 9.94. The van der Waals surface area contributed by atoms with Crippen LogP contribution in [0.2, 0.25) is 10.0 Å². The molecule has 0 saturated carbocycles. The van der Waals surface area contributed by atoms with Crippen molar-refractivity contribution in [2.75, 3.05) is 38.2 Å². The first kappa shape index (κ1) is 24.3. The van der Waals surface area contributed by atoms with E-state index in [-0.39, 0.29) is 6.04 Å². The van der Waals surface area contributed by atoms with Gasteiger partial charge in [-0.3, -0.25) is 4.90 Å². The van der Waals surface area contributed by atoms with Crippen molar-refractivity contribution in [2.45, 2.75) is 18.6 Å². The number of nitriles is 1. The molecule has 6 nitrogen and oxygen atoms in total. The fourth-order valence-corrected chi connectivity index (χ4v) is 4.85. The fourth-order valence-electron chi connectivity index (χ4n) is 4.43. The number of β-amino-alcohol motifs (C(OH)–C–C–N with tert-alkyl or cyclic N) is 1. The highest BCUT2D eigenvalue weighted by molar-refractivity contribution is 6.33. The monoisotopic (exact) mass is 496 g/mol. The second-order valence-corrected chi connectivity index (χ2v) is 9.48. The fraction of sp³-hybridized carbons (Fsp3) is 0.308. The molecule has 0 spiro atoms. The maximum Gasteiger partial charge on any atom is 0.213 e. The van der Waals surface area contributed by atoms with Gasteiger partial charge in [0.25, 0.3) is 0 Å². The van der Waals surface area contributed by atoms with Crippen molar-refractivity contribution in [3.8, 4) is 11.9 Å². The van der Waals surface area contributed by atoms with Crippen LogP contribution in [0.15, 0.2) is 60.8 Å². The van der Waals surface area contributed by atoms with Gasteiger partial charge >= 0.3 is 0 Å². The molecule has 0 aliphatic carbocycles. The van der Waals surface area contributed by atoms with Gasteiger partial charge in [-0.15, -0.1) is 0 Å². The number of piperazine rings is 1. The topological polar surface area (TPSA) is 72.6 Å². The number of anilines is 1. The Bertz CT molecular complexity index is 1190. The van der Waals surface area contributed by atoms with Gasteiger partial charge in [0, 0.05) is 43.5 Å². The first-order valence-electron chi connectivity index (χ1n) is 11.0. The Morgan fingerprint density at radius 1 is 1.15 bits per heavy atom. The van der Waals surface area contributed by atoms with Crippen LogP contribution >= 0.6 is 23.2 Å². The molecule has 1 N–H and O–H groups in total. The number of halogens is 2. The van der Waals surface area contributed by atoms with E-state index in [1.807, 2.05) is 43.3 Å². The van der Waals surface area contributed by atoms with Gasteiger partial charge in [0.1, 0.15) is 0 Å². The normalized spacial score (nSPS) is 18.2. The van der Waals surface area contributed by atoms with E-state index in [0.717, 1.165) is 23.4 Å². The minimum absolute atomic E-state index is 0.0146. The van der Waals surface area contributed by atoms with E-state index in [1.165, 1.54) is 0 Å². The highest BCUT2D eigenvalue weighted by Crippen LogP contribution is 2.37. The standard InChI is InChI=1S/C26H26Cl2N4O2/c1-26(33,20-9-10-30-25(14-20)34-2)17-31-11-12-32(23-8-3-18(15-29)13-22(23)28)24(16-31)19-4-6-21(27)7-5-19/h3-10,13-14,24,33H,11-12,16-17H2,1-2H3/t24-,26+/m0/s1. The van der Waals surface area contributed by atoms with Crippen molar-refractivity contribution in [1.82, 2.24) is 9.88 Å². The molecule has 1 aliphatic heterocycles. The summed E-state index contributed by atoms with van der Waals surface area (Å²) in [4.78, 5) is 8.65. The Hall–Kier alpha value is -2.82. The first-order chi connectivity index (χ1) is 16.3. The molecule has 0 radical (unpaired) electrons. The molecule has 1 aromatic heterocycles. The summed E-state index contributed by atoms with van der Waals surface area (Å²) >= 11 is 12.7. The van der Waals surface area contributed by atoms with E-state index in [9.17, 15) is 10.4 Å². The maximum absolute atomic E-state index is 11.3. The Kier molecular flexibility index (Phi) is 7.30.